The molecule has 0 saturated carbocycles. The van der Waals surface area contributed by atoms with Crippen molar-refractivity contribution in [1.29, 1.82) is 0 Å². The van der Waals surface area contributed by atoms with Crippen LogP contribution in [0.4, 0.5) is 19.0 Å². The van der Waals surface area contributed by atoms with Crippen LogP contribution in [0.25, 0.3) is 0 Å². The molecule has 2 heterocycles. The number of aromatic nitrogens is 2. The number of rotatable bonds is 5. The molecule has 2 aromatic rings. The molecule has 6 nitrogen and oxygen atoms in total. The molecule has 1 N–H and O–H groups in total. The molecule has 3 rings (SSSR count). The number of alkyl halides is 3. The Kier molecular flexibility index (Phi) is 5.59. The van der Waals surface area contributed by atoms with Gasteiger partial charge in [0, 0.05) is 26.2 Å². The fraction of sp³-hybridized carbons (Fsp3) is 0.389. The van der Waals surface area contributed by atoms with Gasteiger partial charge in [-0.25, -0.2) is 9.97 Å². The van der Waals surface area contributed by atoms with Crippen LogP contribution in [-0.4, -0.2) is 51.6 Å². The number of carbonyl (C=O) groups is 1. The number of anilines is 1. The third-order valence-corrected chi connectivity index (χ3v) is 4.45. The Hall–Kier alpha value is -2.68. The van der Waals surface area contributed by atoms with Gasteiger partial charge < -0.3 is 10.0 Å². The Labute approximate surface area is 154 Å². The monoisotopic (exact) mass is 380 g/mol. The Morgan fingerprint density at radius 1 is 1.15 bits per heavy atom. The number of nitrogens with zero attached hydrogens (tertiary/aromatic N) is 4. The molecule has 1 saturated heterocycles. The molecule has 1 aliphatic heterocycles. The maximum Gasteiger partial charge on any atom is 0.434 e. The fourth-order valence-electron chi connectivity index (χ4n) is 3.20. The highest BCUT2D eigenvalue weighted by molar-refractivity contribution is 5.68. The molecule has 1 aliphatic rings. The van der Waals surface area contributed by atoms with Crippen molar-refractivity contribution in [3.8, 4) is 0 Å². The standard InChI is InChI=1S/C18H19F3N4O2/c19-18(20,21)15-9-23-16(10-22-15)25-7-6-24(12-14(25)8-17(26)27)11-13-4-2-1-3-5-13/h1-5,9-10,14H,6-8,11-12H2,(H,26,27)/t14-/m0/s1. The Morgan fingerprint density at radius 3 is 2.48 bits per heavy atom. The number of carboxylic acid groups (broad SMARTS) is 1. The van der Waals surface area contributed by atoms with Crippen molar-refractivity contribution in [3.63, 3.8) is 0 Å². The lowest BCUT2D eigenvalue weighted by Crippen LogP contribution is -2.54. The molecule has 9 heteroatoms. The van der Waals surface area contributed by atoms with Gasteiger partial charge in [0.1, 0.15) is 5.82 Å². The molecule has 1 atom stereocenters. The van der Waals surface area contributed by atoms with E-state index in [4.69, 9.17) is 0 Å². The van der Waals surface area contributed by atoms with Crippen LogP contribution in [0, 0.1) is 0 Å². The van der Waals surface area contributed by atoms with Gasteiger partial charge in [0.2, 0.25) is 0 Å². The summed E-state index contributed by atoms with van der Waals surface area (Å²) in [7, 11) is 0. The van der Waals surface area contributed by atoms with E-state index in [2.05, 4.69) is 14.9 Å². The van der Waals surface area contributed by atoms with E-state index in [-0.39, 0.29) is 12.2 Å². The summed E-state index contributed by atoms with van der Waals surface area (Å²) in [4.78, 5) is 22.4. The summed E-state index contributed by atoms with van der Waals surface area (Å²) in [6.45, 7) is 2.27. The minimum absolute atomic E-state index is 0.131. The van der Waals surface area contributed by atoms with Crippen LogP contribution in [0.5, 0.6) is 0 Å². The predicted molar refractivity (Wildman–Crippen MR) is 92.1 cm³/mol. The van der Waals surface area contributed by atoms with E-state index in [1.54, 1.807) is 4.90 Å². The van der Waals surface area contributed by atoms with E-state index in [1.165, 1.54) is 0 Å². The van der Waals surface area contributed by atoms with Crippen LogP contribution < -0.4 is 4.90 Å². The first kappa shape index (κ1) is 19.1. The van der Waals surface area contributed by atoms with Gasteiger partial charge >= 0.3 is 12.1 Å². The van der Waals surface area contributed by atoms with E-state index in [0.717, 1.165) is 11.8 Å². The first-order valence-electron chi connectivity index (χ1n) is 8.47. The van der Waals surface area contributed by atoms with Crippen LogP contribution in [0.15, 0.2) is 42.7 Å². The topological polar surface area (TPSA) is 69.6 Å². The molecule has 0 radical (unpaired) electrons. The molecule has 1 aromatic carbocycles. The molecule has 0 spiro atoms. The summed E-state index contributed by atoms with van der Waals surface area (Å²) in [5.41, 5.74) is 0.0538. The normalized spacial score (nSPS) is 18.5. The van der Waals surface area contributed by atoms with Crippen LogP contribution in [0.2, 0.25) is 0 Å². The van der Waals surface area contributed by atoms with Gasteiger partial charge in [-0.1, -0.05) is 30.3 Å². The number of hydrogen-bond donors (Lipinski definition) is 1. The summed E-state index contributed by atoms with van der Waals surface area (Å²) in [5.74, 6) is -0.708. The van der Waals surface area contributed by atoms with E-state index in [0.29, 0.717) is 32.4 Å². The number of carboxylic acids is 1. The third kappa shape index (κ3) is 4.94. The average Bonchev–Trinajstić information content (AvgIpc) is 2.62. The number of halogens is 3. The zero-order valence-corrected chi connectivity index (χ0v) is 14.4. The van der Waals surface area contributed by atoms with E-state index < -0.39 is 23.9 Å². The molecule has 27 heavy (non-hydrogen) atoms. The van der Waals surface area contributed by atoms with Gasteiger partial charge in [0.15, 0.2) is 5.69 Å². The van der Waals surface area contributed by atoms with Crippen molar-refractivity contribution in [3.05, 3.63) is 54.0 Å². The largest absolute Gasteiger partial charge is 0.481 e. The lowest BCUT2D eigenvalue weighted by atomic mass is 10.1. The summed E-state index contributed by atoms with van der Waals surface area (Å²) in [6, 6.07) is 9.42. The van der Waals surface area contributed by atoms with Gasteiger partial charge in [0.25, 0.3) is 0 Å². The summed E-state index contributed by atoms with van der Waals surface area (Å²) in [6.07, 6.45) is -2.94. The zero-order chi connectivity index (χ0) is 19.4. The SMILES string of the molecule is O=C(O)C[C@H]1CN(Cc2ccccc2)CCN1c1cnc(C(F)(F)F)cn1. The number of aliphatic carboxylic acids is 1. The number of benzene rings is 1. The highest BCUT2D eigenvalue weighted by Crippen LogP contribution is 2.28. The van der Waals surface area contributed by atoms with E-state index >= 15 is 0 Å². The smallest absolute Gasteiger partial charge is 0.434 e. The molecule has 0 bridgehead atoms. The van der Waals surface area contributed by atoms with Gasteiger partial charge in [-0.3, -0.25) is 9.69 Å². The van der Waals surface area contributed by atoms with Crippen molar-refractivity contribution in [2.24, 2.45) is 0 Å². The highest BCUT2D eigenvalue weighted by Gasteiger charge is 2.34. The third-order valence-electron chi connectivity index (χ3n) is 4.45. The second-order valence-corrected chi connectivity index (χ2v) is 6.42. The second kappa shape index (κ2) is 7.91. The zero-order valence-electron chi connectivity index (χ0n) is 14.4. The van der Waals surface area contributed by atoms with Crippen molar-refractivity contribution in [2.45, 2.75) is 25.2 Å². The van der Waals surface area contributed by atoms with Crippen LogP contribution in [0.1, 0.15) is 17.7 Å². The van der Waals surface area contributed by atoms with Gasteiger partial charge in [-0.2, -0.15) is 13.2 Å². The summed E-state index contributed by atoms with van der Waals surface area (Å²) >= 11 is 0. The lowest BCUT2D eigenvalue weighted by molar-refractivity contribution is -0.141. The molecule has 144 valence electrons. The Bertz CT molecular complexity index is 768. The van der Waals surface area contributed by atoms with E-state index in [9.17, 15) is 23.1 Å². The highest BCUT2D eigenvalue weighted by atomic mass is 19.4. The van der Waals surface area contributed by atoms with Crippen LogP contribution >= 0.6 is 0 Å². The molecular formula is C18H19F3N4O2. The molecule has 1 fully saturated rings. The number of hydrogen-bond acceptors (Lipinski definition) is 5. The second-order valence-electron chi connectivity index (χ2n) is 6.42. The lowest BCUT2D eigenvalue weighted by Gasteiger charge is -2.41. The Balaban J connectivity index is 1.74. The van der Waals surface area contributed by atoms with Gasteiger partial charge in [0.05, 0.1) is 24.9 Å². The molecule has 0 amide bonds. The maximum absolute atomic E-state index is 12.7. The molecule has 1 aromatic heterocycles. The molecule has 0 unspecified atom stereocenters. The average molecular weight is 380 g/mol. The fourth-order valence-corrected chi connectivity index (χ4v) is 3.20. The Morgan fingerprint density at radius 2 is 1.89 bits per heavy atom. The quantitative estimate of drug-likeness (QED) is 0.860. The van der Waals surface area contributed by atoms with Gasteiger partial charge in [-0.05, 0) is 5.56 Å². The molecular weight excluding hydrogens is 361 g/mol. The minimum atomic E-state index is -4.56. The van der Waals surface area contributed by atoms with Crippen molar-refractivity contribution < 1.29 is 23.1 Å². The van der Waals surface area contributed by atoms with Crippen molar-refractivity contribution in [2.75, 3.05) is 24.5 Å². The molecule has 0 aliphatic carbocycles. The van der Waals surface area contributed by atoms with E-state index in [1.807, 2.05) is 30.3 Å². The summed E-state index contributed by atoms with van der Waals surface area (Å²) < 4.78 is 38.0. The first-order chi connectivity index (χ1) is 12.8. The van der Waals surface area contributed by atoms with Crippen molar-refractivity contribution in [1.82, 2.24) is 14.9 Å². The van der Waals surface area contributed by atoms with Gasteiger partial charge in [-0.15, -0.1) is 0 Å². The van der Waals surface area contributed by atoms with Crippen LogP contribution in [0.3, 0.4) is 0 Å². The van der Waals surface area contributed by atoms with Crippen molar-refractivity contribution >= 4 is 11.8 Å². The maximum atomic E-state index is 12.7. The predicted octanol–water partition coefficient (Wildman–Crippen LogP) is 2.66. The number of piperazine rings is 1. The first-order valence-corrected chi connectivity index (χ1v) is 8.47. The summed E-state index contributed by atoms with van der Waals surface area (Å²) in [5, 5.41) is 9.23. The van der Waals surface area contributed by atoms with Crippen LogP contribution in [-0.2, 0) is 17.5 Å². The minimum Gasteiger partial charge on any atom is -0.481 e.